The number of benzene rings is 1. The first-order valence-corrected chi connectivity index (χ1v) is 7.76. The molecule has 1 saturated heterocycles. The van der Waals surface area contributed by atoms with Crippen LogP contribution in [0, 0.1) is 0 Å². The van der Waals surface area contributed by atoms with Crippen molar-refractivity contribution < 1.29 is 9.47 Å². The molecule has 0 radical (unpaired) electrons. The number of hydrogen-bond donors (Lipinski definition) is 1. The fourth-order valence-electron chi connectivity index (χ4n) is 2.47. The van der Waals surface area contributed by atoms with Gasteiger partial charge in [-0.2, -0.15) is 0 Å². The van der Waals surface area contributed by atoms with Crippen molar-refractivity contribution in [2.75, 3.05) is 39.4 Å². The van der Waals surface area contributed by atoms with Crippen LogP contribution in [0.3, 0.4) is 0 Å². The normalized spacial score (nSPS) is 20.5. The Labute approximate surface area is 128 Å². The minimum absolute atomic E-state index is 0.171. The van der Waals surface area contributed by atoms with Crippen molar-refractivity contribution in [2.24, 2.45) is 5.73 Å². The summed E-state index contributed by atoms with van der Waals surface area (Å²) in [4.78, 5) is 2.35. The quantitative estimate of drug-likeness (QED) is 0.902. The Morgan fingerprint density at radius 1 is 1.29 bits per heavy atom. The number of nitrogens with zero attached hydrogens (tertiary/aromatic N) is 1. The molecule has 1 aliphatic heterocycles. The molecule has 0 aliphatic carbocycles. The zero-order valence-electron chi connectivity index (χ0n) is 13.5. The van der Waals surface area contributed by atoms with E-state index in [-0.39, 0.29) is 11.5 Å². The minimum Gasteiger partial charge on any atom is -0.492 e. The second-order valence-corrected chi connectivity index (χ2v) is 6.65. The van der Waals surface area contributed by atoms with Gasteiger partial charge in [-0.1, -0.05) is 32.9 Å². The summed E-state index contributed by atoms with van der Waals surface area (Å²) in [5.41, 5.74) is 7.16. The lowest BCUT2D eigenvalue weighted by molar-refractivity contribution is -0.0261. The van der Waals surface area contributed by atoms with Crippen molar-refractivity contribution >= 4 is 0 Å². The molecule has 2 rings (SSSR count). The van der Waals surface area contributed by atoms with Crippen molar-refractivity contribution in [3.8, 4) is 5.75 Å². The van der Waals surface area contributed by atoms with Gasteiger partial charge in [0, 0.05) is 26.2 Å². The second kappa shape index (κ2) is 7.25. The van der Waals surface area contributed by atoms with Crippen molar-refractivity contribution in [3.63, 3.8) is 0 Å². The highest BCUT2D eigenvalue weighted by molar-refractivity contribution is 5.31. The molecule has 0 spiro atoms. The predicted molar refractivity (Wildman–Crippen MR) is 85.9 cm³/mol. The van der Waals surface area contributed by atoms with E-state index in [9.17, 15) is 0 Å². The second-order valence-electron chi connectivity index (χ2n) is 6.65. The molecule has 1 unspecified atom stereocenters. The zero-order chi connectivity index (χ0) is 15.3. The van der Waals surface area contributed by atoms with Crippen LogP contribution in [0.2, 0.25) is 0 Å². The van der Waals surface area contributed by atoms with E-state index in [1.165, 1.54) is 5.56 Å². The largest absolute Gasteiger partial charge is 0.492 e. The molecule has 2 N–H and O–H groups in total. The molecular weight excluding hydrogens is 264 g/mol. The lowest BCUT2D eigenvalue weighted by Crippen LogP contribution is -2.46. The van der Waals surface area contributed by atoms with Gasteiger partial charge >= 0.3 is 0 Å². The maximum Gasteiger partial charge on any atom is 0.119 e. The number of rotatable bonds is 5. The Bertz CT molecular complexity index is 425. The van der Waals surface area contributed by atoms with Gasteiger partial charge < -0.3 is 15.2 Å². The molecule has 0 aromatic heterocycles. The standard InChI is InChI=1S/C17H28N2O2/c1-17(2,3)14-4-6-15(7-5-14)20-10-8-19-9-11-21-16(12-18)13-19/h4-7,16H,8-13,18H2,1-3H3. The Morgan fingerprint density at radius 2 is 2.00 bits per heavy atom. The summed E-state index contributed by atoms with van der Waals surface area (Å²) in [5, 5.41) is 0. The average Bonchev–Trinajstić information content (AvgIpc) is 2.47. The SMILES string of the molecule is CC(C)(C)c1ccc(OCCN2CCOC(CN)C2)cc1. The zero-order valence-corrected chi connectivity index (χ0v) is 13.5. The molecule has 118 valence electrons. The molecule has 4 nitrogen and oxygen atoms in total. The number of morpholine rings is 1. The van der Waals surface area contributed by atoms with Gasteiger partial charge in [0.1, 0.15) is 12.4 Å². The summed E-state index contributed by atoms with van der Waals surface area (Å²) in [6.45, 7) is 11.5. The van der Waals surface area contributed by atoms with Gasteiger partial charge in [0.2, 0.25) is 0 Å². The van der Waals surface area contributed by atoms with E-state index in [1.807, 2.05) is 0 Å². The van der Waals surface area contributed by atoms with E-state index in [4.69, 9.17) is 15.2 Å². The lowest BCUT2D eigenvalue weighted by Gasteiger charge is -2.32. The first kappa shape index (κ1) is 16.3. The Hall–Kier alpha value is -1.10. The van der Waals surface area contributed by atoms with Crippen LogP contribution in [0.25, 0.3) is 0 Å². The van der Waals surface area contributed by atoms with E-state index in [0.717, 1.165) is 32.0 Å². The smallest absolute Gasteiger partial charge is 0.119 e. The van der Waals surface area contributed by atoms with Crippen LogP contribution >= 0.6 is 0 Å². The van der Waals surface area contributed by atoms with Crippen molar-refractivity contribution in [1.29, 1.82) is 0 Å². The molecule has 1 heterocycles. The first-order chi connectivity index (χ1) is 9.99. The topological polar surface area (TPSA) is 47.7 Å². The van der Waals surface area contributed by atoms with Gasteiger partial charge in [-0.3, -0.25) is 4.90 Å². The Morgan fingerprint density at radius 3 is 2.62 bits per heavy atom. The third-order valence-corrected chi connectivity index (χ3v) is 3.88. The Balaban J connectivity index is 1.76. The fraction of sp³-hybridized carbons (Fsp3) is 0.647. The minimum atomic E-state index is 0.171. The summed E-state index contributed by atoms with van der Waals surface area (Å²) in [6.07, 6.45) is 0.171. The van der Waals surface area contributed by atoms with Crippen molar-refractivity contribution in [2.45, 2.75) is 32.3 Å². The lowest BCUT2D eigenvalue weighted by atomic mass is 9.87. The van der Waals surface area contributed by atoms with Crippen molar-refractivity contribution in [1.82, 2.24) is 4.90 Å². The van der Waals surface area contributed by atoms with Crippen LogP contribution in [-0.4, -0.2) is 50.4 Å². The van der Waals surface area contributed by atoms with E-state index < -0.39 is 0 Å². The average molecular weight is 292 g/mol. The maximum absolute atomic E-state index is 5.83. The molecule has 1 aliphatic rings. The van der Waals surface area contributed by atoms with Gasteiger partial charge in [-0.15, -0.1) is 0 Å². The molecule has 0 amide bonds. The highest BCUT2D eigenvalue weighted by Crippen LogP contribution is 2.24. The maximum atomic E-state index is 5.83. The number of hydrogen-bond acceptors (Lipinski definition) is 4. The van der Waals surface area contributed by atoms with Gasteiger partial charge in [-0.05, 0) is 23.1 Å². The van der Waals surface area contributed by atoms with E-state index >= 15 is 0 Å². The third-order valence-electron chi connectivity index (χ3n) is 3.88. The van der Waals surface area contributed by atoms with Crippen LogP contribution in [0.1, 0.15) is 26.3 Å². The summed E-state index contributed by atoms with van der Waals surface area (Å²) < 4.78 is 11.4. The third kappa shape index (κ3) is 4.99. The van der Waals surface area contributed by atoms with Crippen LogP contribution in [-0.2, 0) is 10.2 Å². The molecule has 4 heteroatoms. The molecule has 0 bridgehead atoms. The van der Waals surface area contributed by atoms with Gasteiger partial charge in [0.15, 0.2) is 0 Å². The van der Waals surface area contributed by atoms with E-state index in [2.05, 4.69) is 49.9 Å². The Kier molecular flexibility index (Phi) is 5.62. The number of nitrogens with two attached hydrogens (primary N) is 1. The van der Waals surface area contributed by atoms with Gasteiger partial charge in [0.25, 0.3) is 0 Å². The molecule has 1 aromatic rings. The number of ether oxygens (including phenoxy) is 2. The van der Waals surface area contributed by atoms with Gasteiger partial charge in [0.05, 0.1) is 12.7 Å². The van der Waals surface area contributed by atoms with Gasteiger partial charge in [-0.25, -0.2) is 0 Å². The highest BCUT2D eigenvalue weighted by Gasteiger charge is 2.18. The fourth-order valence-corrected chi connectivity index (χ4v) is 2.47. The molecule has 1 fully saturated rings. The molecular formula is C17H28N2O2. The summed E-state index contributed by atoms with van der Waals surface area (Å²) in [5.74, 6) is 0.937. The van der Waals surface area contributed by atoms with Crippen LogP contribution in [0.5, 0.6) is 5.75 Å². The molecule has 21 heavy (non-hydrogen) atoms. The summed E-state index contributed by atoms with van der Waals surface area (Å²) >= 11 is 0. The summed E-state index contributed by atoms with van der Waals surface area (Å²) in [7, 11) is 0. The van der Waals surface area contributed by atoms with Crippen molar-refractivity contribution in [3.05, 3.63) is 29.8 Å². The van der Waals surface area contributed by atoms with Crippen LogP contribution in [0.15, 0.2) is 24.3 Å². The molecule has 1 aromatic carbocycles. The summed E-state index contributed by atoms with van der Waals surface area (Å²) in [6, 6.07) is 8.41. The van der Waals surface area contributed by atoms with Crippen LogP contribution in [0.4, 0.5) is 0 Å². The van der Waals surface area contributed by atoms with Crippen LogP contribution < -0.4 is 10.5 Å². The van der Waals surface area contributed by atoms with E-state index in [1.54, 1.807) is 0 Å². The molecule has 1 atom stereocenters. The highest BCUT2D eigenvalue weighted by atomic mass is 16.5. The predicted octanol–water partition coefficient (Wildman–Crippen LogP) is 2.02. The first-order valence-electron chi connectivity index (χ1n) is 7.76. The molecule has 0 saturated carbocycles. The monoisotopic (exact) mass is 292 g/mol. The van der Waals surface area contributed by atoms with E-state index in [0.29, 0.717) is 13.2 Å².